The van der Waals surface area contributed by atoms with Crippen LogP contribution < -0.4 is 0 Å². The Kier molecular flexibility index (Phi) is 45.7. The van der Waals surface area contributed by atoms with Gasteiger partial charge in [-0.15, -0.1) is 0 Å². The van der Waals surface area contributed by atoms with E-state index in [0.717, 1.165) is 116 Å². The third-order valence-corrected chi connectivity index (χ3v) is 18.5. The van der Waals surface area contributed by atoms with Crippen molar-refractivity contribution in [3.05, 3.63) is 12.2 Å². The van der Waals surface area contributed by atoms with E-state index in [-0.39, 0.29) is 19.3 Å². The number of hydrogen-bond donors (Lipinski definition) is 11. The Bertz CT molecular complexity index is 1970. The van der Waals surface area contributed by atoms with Crippen molar-refractivity contribution in [3.63, 3.8) is 0 Å². The molecule has 2 aliphatic heterocycles. The Labute approximate surface area is 548 Å². The monoisotopic (exact) mass is 1340 g/mol. The van der Waals surface area contributed by atoms with Crippen molar-refractivity contribution in [2.45, 2.75) is 369 Å². The van der Waals surface area contributed by atoms with Crippen molar-refractivity contribution in [1.29, 1.82) is 0 Å². The van der Waals surface area contributed by atoms with Crippen LogP contribution in [0.15, 0.2) is 12.2 Å². The first-order valence-corrected chi connectivity index (χ1v) is 37.0. The molecule has 0 radical (unpaired) electrons. The SMILES string of the molecule is CCCCCC/C=C\CCCCCCCCCC(=O)OCC1OC(OC2C(O)C(O)C(O)C(OC3OC(CO)C(O)C(O)C3O)C2OP(=O)(O)OCC(COC(=O)CCCCCCCCCCCCC)OC(=O)CCCCCCCCCCCCC)C(O)C(O)C1O. The molecule has 2 heterocycles. The highest BCUT2D eigenvalue weighted by molar-refractivity contribution is 7.47. The van der Waals surface area contributed by atoms with E-state index in [9.17, 15) is 74.9 Å². The molecule has 0 amide bonds. The highest BCUT2D eigenvalue weighted by atomic mass is 31.2. The minimum atomic E-state index is -5.68. The fraction of sp³-hybridized carbons (Fsp3) is 0.925. The Morgan fingerprint density at radius 3 is 1.18 bits per heavy atom. The zero-order chi connectivity index (χ0) is 67.5. The Morgan fingerprint density at radius 2 is 0.761 bits per heavy atom. The first-order valence-electron chi connectivity index (χ1n) is 35.5. The average molecular weight is 1340 g/mol. The molecule has 92 heavy (non-hydrogen) atoms. The minimum Gasteiger partial charge on any atom is -0.463 e. The maximum atomic E-state index is 14.3. The predicted octanol–water partition coefficient (Wildman–Crippen LogP) is 8.40. The van der Waals surface area contributed by atoms with Gasteiger partial charge in [-0.25, -0.2) is 4.57 Å². The molecule has 0 aromatic rings. The molecular weight excluding hydrogens is 1220 g/mol. The molecular formula is C67H123O24P. The largest absolute Gasteiger partial charge is 0.472 e. The summed E-state index contributed by atoms with van der Waals surface area (Å²) in [5, 5.41) is 110. The number of aliphatic hydroxyl groups is 10. The van der Waals surface area contributed by atoms with Gasteiger partial charge in [0.2, 0.25) is 0 Å². The van der Waals surface area contributed by atoms with Gasteiger partial charge in [-0.1, -0.05) is 213 Å². The van der Waals surface area contributed by atoms with E-state index in [4.69, 9.17) is 42.2 Å². The fourth-order valence-electron chi connectivity index (χ4n) is 11.7. The Hall–Kier alpha value is -2.30. The average Bonchev–Trinajstić information content (AvgIpc) is 0.774. The van der Waals surface area contributed by atoms with E-state index < -0.39 is 156 Å². The Morgan fingerprint density at radius 1 is 0.413 bits per heavy atom. The van der Waals surface area contributed by atoms with Gasteiger partial charge in [0, 0.05) is 19.3 Å². The van der Waals surface area contributed by atoms with Gasteiger partial charge in [-0.05, 0) is 44.9 Å². The van der Waals surface area contributed by atoms with E-state index in [0.29, 0.717) is 19.3 Å². The predicted molar refractivity (Wildman–Crippen MR) is 342 cm³/mol. The second kappa shape index (κ2) is 50.1. The summed E-state index contributed by atoms with van der Waals surface area (Å²) in [6, 6.07) is 0. The minimum absolute atomic E-state index is 0.0246. The van der Waals surface area contributed by atoms with Crippen LogP contribution in [-0.2, 0) is 61.2 Å². The molecule has 1 saturated carbocycles. The number of carbonyl (C=O) groups excluding carboxylic acids is 3. The number of carbonyl (C=O) groups is 3. The van der Waals surface area contributed by atoms with Gasteiger partial charge in [0.25, 0.3) is 0 Å². The van der Waals surface area contributed by atoms with E-state index >= 15 is 0 Å². The molecule has 18 unspecified atom stereocenters. The summed E-state index contributed by atoms with van der Waals surface area (Å²) in [7, 11) is -5.68. The molecule has 18 atom stereocenters. The van der Waals surface area contributed by atoms with Crippen molar-refractivity contribution < 1.29 is 117 Å². The molecule has 540 valence electrons. The number of phosphoric acid groups is 1. The van der Waals surface area contributed by atoms with Gasteiger partial charge in [0.1, 0.15) is 98.7 Å². The number of ether oxygens (including phenoxy) is 7. The second-order valence-electron chi connectivity index (χ2n) is 25.6. The van der Waals surface area contributed by atoms with E-state index in [2.05, 4.69) is 32.9 Å². The number of rotatable bonds is 54. The van der Waals surface area contributed by atoms with E-state index in [1.165, 1.54) is 89.9 Å². The van der Waals surface area contributed by atoms with Gasteiger partial charge in [-0.2, -0.15) is 0 Å². The highest BCUT2D eigenvalue weighted by Crippen LogP contribution is 2.49. The lowest BCUT2D eigenvalue weighted by Crippen LogP contribution is -2.69. The lowest BCUT2D eigenvalue weighted by atomic mass is 9.84. The zero-order valence-corrected chi connectivity index (χ0v) is 56.7. The molecule has 3 aliphatic rings. The summed E-state index contributed by atoms with van der Waals surface area (Å²) in [6.07, 6.45) is 6.03. The maximum Gasteiger partial charge on any atom is 0.472 e. The number of hydrogen-bond acceptors (Lipinski definition) is 23. The summed E-state index contributed by atoms with van der Waals surface area (Å²) in [4.78, 5) is 50.7. The fourth-order valence-corrected chi connectivity index (χ4v) is 12.7. The molecule has 24 nitrogen and oxygen atoms in total. The van der Waals surface area contributed by atoms with E-state index in [1.54, 1.807) is 0 Å². The molecule has 3 rings (SSSR count). The number of phosphoric ester groups is 1. The summed E-state index contributed by atoms with van der Waals surface area (Å²) >= 11 is 0. The van der Waals surface area contributed by atoms with Crippen LogP contribution in [0.4, 0.5) is 0 Å². The van der Waals surface area contributed by atoms with Crippen molar-refractivity contribution in [1.82, 2.24) is 0 Å². The third kappa shape index (κ3) is 33.8. The van der Waals surface area contributed by atoms with Crippen LogP contribution in [0.3, 0.4) is 0 Å². The normalized spacial score (nSPS) is 28.7. The molecule has 0 spiro atoms. The molecule has 0 aromatic carbocycles. The molecule has 11 N–H and O–H groups in total. The third-order valence-electron chi connectivity index (χ3n) is 17.5. The summed E-state index contributed by atoms with van der Waals surface area (Å²) in [5.74, 6) is -1.99. The van der Waals surface area contributed by atoms with Crippen LogP contribution in [0.1, 0.15) is 265 Å². The lowest BCUT2D eigenvalue weighted by molar-refractivity contribution is -0.360. The standard InChI is InChI=1S/C67H123O24P/c1-4-7-10-13-16-19-22-23-24-25-28-30-33-36-39-42-52(70)84-47-50-55(73)57(75)62(80)67(88-50)90-64-60(78)58(76)59(77)63(89-66-61(79)56(74)54(72)49(44-68)87-66)65(64)91-92(81,82)85-46-48(86-53(71)43-40-37-34-31-27-21-18-15-12-9-6-3)45-83-51(69)41-38-35-32-29-26-20-17-14-11-8-5-2/h19,22,48-50,54-68,72-80H,4-18,20-21,23-47H2,1-3H3,(H,81,82)/b22-19-. The summed E-state index contributed by atoms with van der Waals surface area (Å²) in [6.45, 7) is 3.38. The summed E-state index contributed by atoms with van der Waals surface area (Å²) in [5.41, 5.74) is 0. The van der Waals surface area contributed by atoms with Crippen molar-refractivity contribution >= 4 is 25.7 Å². The van der Waals surface area contributed by atoms with Gasteiger partial charge < -0.3 is 89.1 Å². The van der Waals surface area contributed by atoms with Crippen molar-refractivity contribution in [2.24, 2.45) is 0 Å². The van der Waals surface area contributed by atoms with Gasteiger partial charge in [0.05, 0.1) is 13.2 Å². The smallest absolute Gasteiger partial charge is 0.463 e. The van der Waals surface area contributed by atoms with Crippen LogP contribution in [0, 0.1) is 0 Å². The maximum absolute atomic E-state index is 14.3. The van der Waals surface area contributed by atoms with Crippen molar-refractivity contribution in [2.75, 3.05) is 26.4 Å². The number of esters is 3. The molecule has 0 aromatic heterocycles. The number of aliphatic hydroxyl groups excluding tert-OH is 10. The second-order valence-corrected chi connectivity index (χ2v) is 27.0. The molecule has 25 heteroatoms. The molecule has 0 bridgehead atoms. The lowest BCUT2D eigenvalue weighted by Gasteiger charge is -2.49. The molecule has 3 fully saturated rings. The quantitative estimate of drug-likeness (QED) is 0.00894. The van der Waals surface area contributed by atoms with Gasteiger partial charge in [-0.3, -0.25) is 23.4 Å². The molecule has 2 saturated heterocycles. The Balaban J connectivity index is 1.75. The first-order chi connectivity index (χ1) is 44.3. The van der Waals surface area contributed by atoms with Gasteiger partial charge >= 0.3 is 25.7 Å². The topological polar surface area (TPSA) is 374 Å². The van der Waals surface area contributed by atoms with Crippen LogP contribution >= 0.6 is 7.82 Å². The molecule has 1 aliphatic carbocycles. The van der Waals surface area contributed by atoms with Gasteiger partial charge in [0.15, 0.2) is 18.7 Å². The number of allylic oxidation sites excluding steroid dienone is 2. The van der Waals surface area contributed by atoms with Crippen LogP contribution in [-0.4, -0.2) is 204 Å². The van der Waals surface area contributed by atoms with Crippen molar-refractivity contribution in [3.8, 4) is 0 Å². The zero-order valence-electron chi connectivity index (χ0n) is 55.8. The summed E-state index contributed by atoms with van der Waals surface area (Å²) < 4.78 is 64.8. The highest BCUT2D eigenvalue weighted by Gasteiger charge is 2.58. The van der Waals surface area contributed by atoms with E-state index in [1.807, 2.05) is 0 Å². The number of unbranched alkanes of at least 4 members (excludes halogenated alkanes) is 31. The van der Waals surface area contributed by atoms with Crippen LogP contribution in [0.2, 0.25) is 0 Å². The van der Waals surface area contributed by atoms with Crippen LogP contribution in [0.25, 0.3) is 0 Å². The first kappa shape index (κ1) is 83.9. The van der Waals surface area contributed by atoms with Crippen LogP contribution in [0.5, 0.6) is 0 Å².